The Balaban J connectivity index is 2.52. The maximum absolute atomic E-state index is 12.5. The molecule has 0 heterocycles. The van der Waals surface area contributed by atoms with Crippen molar-refractivity contribution in [1.82, 2.24) is 10.2 Å². The molecule has 10 heteroatoms. The van der Waals surface area contributed by atoms with Gasteiger partial charge in [-0.25, -0.2) is 10.0 Å². The molecule has 1 aliphatic rings. The Morgan fingerprint density at radius 3 is 2.58 bits per heavy atom. The molecule has 0 bridgehead atoms. The van der Waals surface area contributed by atoms with Crippen LogP contribution in [0.25, 0.3) is 0 Å². The summed E-state index contributed by atoms with van der Waals surface area (Å²) < 4.78 is 4.80. The number of urea groups is 1. The summed E-state index contributed by atoms with van der Waals surface area (Å²) in [6.45, 7) is 0. The van der Waals surface area contributed by atoms with E-state index in [-0.39, 0.29) is 17.4 Å². The minimum atomic E-state index is -1.03. The summed E-state index contributed by atoms with van der Waals surface area (Å²) in [7, 11) is 2.32. The van der Waals surface area contributed by atoms with Gasteiger partial charge in [0.15, 0.2) is 5.75 Å². The number of imide groups is 1. The lowest BCUT2D eigenvalue weighted by Gasteiger charge is -2.17. The molecule has 0 aliphatic heterocycles. The first-order valence-electron chi connectivity index (χ1n) is 6.90. The van der Waals surface area contributed by atoms with E-state index in [1.54, 1.807) is 6.07 Å². The molecule has 0 aromatic heterocycles. The van der Waals surface area contributed by atoms with Crippen LogP contribution in [0, 0.1) is 16.2 Å². The van der Waals surface area contributed by atoms with Gasteiger partial charge in [0.1, 0.15) is 11.6 Å². The fourth-order valence-corrected chi connectivity index (χ4v) is 2.04. The van der Waals surface area contributed by atoms with Crippen molar-refractivity contribution >= 4 is 17.6 Å². The maximum atomic E-state index is 12.5. The Bertz CT molecular complexity index is 766. The average Bonchev–Trinajstić information content (AvgIpc) is 3.36. The van der Waals surface area contributed by atoms with E-state index in [9.17, 15) is 30.1 Å². The normalized spacial score (nSPS) is 12.9. The second kappa shape index (κ2) is 6.41. The van der Waals surface area contributed by atoms with Gasteiger partial charge in [0.05, 0.1) is 17.6 Å². The highest BCUT2D eigenvalue weighted by Crippen LogP contribution is 2.40. The van der Waals surface area contributed by atoms with Gasteiger partial charge < -0.3 is 15.2 Å². The van der Waals surface area contributed by atoms with Crippen molar-refractivity contribution in [2.75, 3.05) is 14.2 Å². The minimum absolute atomic E-state index is 0.0132. The molecule has 24 heavy (non-hydrogen) atoms. The van der Waals surface area contributed by atoms with Gasteiger partial charge in [-0.3, -0.25) is 9.69 Å². The third kappa shape index (κ3) is 3.05. The fraction of sp³-hybridized carbons (Fsp3) is 0.357. The van der Waals surface area contributed by atoms with E-state index in [1.807, 2.05) is 0 Å². The Morgan fingerprint density at radius 1 is 1.50 bits per heavy atom. The number of aromatic hydroxyl groups is 1. The molecule has 0 spiro atoms. The van der Waals surface area contributed by atoms with Crippen LogP contribution in [0.5, 0.6) is 11.5 Å². The summed E-state index contributed by atoms with van der Waals surface area (Å²) in [6, 6.07) is 1.97. The van der Waals surface area contributed by atoms with Crippen LogP contribution in [0.1, 0.15) is 28.8 Å². The van der Waals surface area contributed by atoms with Gasteiger partial charge in [-0.05, 0) is 12.8 Å². The van der Waals surface area contributed by atoms with Crippen molar-refractivity contribution < 1.29 is 29.6 Å². The van der Waals surface area contributed by atoms with E-state index in [2.05, 4.69) is 5.32 Å². The van der Waals surface area contributed by atoms with Crippen molar-refractivity contribution in [3.8, 4) is 17.6 Å². The van der Waals surface area contributed by atoms with Gasteiger partial charge in [-0.1, -0.05) is 0 Å². The van der Waals surface area contributed by atoms with Crippen molar-refractivity contribution in [3.63, 3.8) is 0 Å². The Hall–Kier alpha value is -3.35. The van der Waals surface area contributed by atoms with Crippen LogP contribution in [0.3, 0.4) is 0 Å². The Kier molecular flexibility index (Phi) is 4.54. The Morgan fingerprint density at radius 2 is 2.12 bits per heavy atom. The molecule has 3 N–H and O–H groups in total. The van der Waals surface area contributed by atoms with Crippen LogP contribution in [-0.2, 0) is 0 Å². The molecular formula is C14H15N4O6+. The number of nitriles is 1. The number of nitrogens with zero attached hydrogens (tertiary/aromatic N) is 3. The molecule has 0 unspecified atom stereocenters. The fourth-order valence-electron chi connectivity index (χ4n) is 2.04. The van der Waals surface area contributed by atoms with Crippen LogP contribution in [-0.4, -0.2) is 52.3 Å². The lowest BCUT2D eigenvalue weighted by Crippen LogP contribution is -2.42. The van der Waals surface area contributed by atoms with Gasteiger partial charge in [0, 0.05) is 19.2 Å². The number of benzene rings is 1. The predicted octanol–water partition coefficient (Wildman–Crippen LogP) is 1.02. The van der Waals surface area contributed by atoms with Gasteiger partial charge >= 0.3 is 11.7 Å². The molecular weight excluding hydrogens is 320 g/mol. The van der Waals surface area contributed by atoms with Crippen molar-refractivity contribution in [3.05, 3.63) is 22.1 Å². The van der Waals surface area contributed by atoms with Crippen LogP contribution < -0.4 is 10.1 Å². The topological polar surface area (TPSA) is 143 Å². The summed E-state index contributed by atoms with van der Waals surface area (Å²) in [4.78, 5) is 35.8. The van der Waals surface area contributed by atoms with Gasteiger partial charge in [-0.15, -0.1) is 0 Å². The number of methoxy groups -OCH3 is 1. The minimum Gasteiger partial charge on any atom is -0.499 e. The molecule has 3 amide bonds. The van der Waals surface area contributed by atoms with E-state index in [4.69, 9.17) is 4.74 Å². The smallest absolute Gasteiger partial charge is 0.375 e. The lowest BCUT2D eigenvalue weighted by atomic mass is 10.0. The first-order valence-corrected chi connectivity index (χ1v) is 6.90. The SMILES string of the molecule is COc1cc(C#N)c(C(=O)N(C)C(=O)NC2CC2)c([N+](=O)O)c1O. The Labute approximate surface area is 136 Å². The molecule has 0 radical (unpaired) electrons. The quantitative estimate of drug-likeness (QED) is 0.697. The van der Waals surface area contributed by atoms with Crippen LogP contribution >= 0.6 is 0 Å². The molecule has 126 valence electrons. The van der Waals surface area contributed by atoms with Crippen molar-refractivity contribution in [2.45, 2.75) is 18.9 Å². The molecule has 1 aromatic carbocycles. The number of hydrogen-bond acceptors (Lipinski definition) is 6. The summed E-state index contributed by atoms with van der Waals surface area (Å²) in [6.07, 6.45) is 1.60. The molecule has 0 atom stereocenters. The monoisotopic (exact) mass is 335 g/mol. The second-order valence-corrected chi connectivity index (χ2v) is 5.17. The van der Waals surface area contributed by atoms with E-state index in [0.717, 1.165) is 26.0 Å². The molecule has 10 nitrogen and oxygen atoms in total. The molecule has 2 rings (SSSR count). The van der Waals surface area contributed by atoms with E-state index in [0.29, 0.717) is 4.90 Å². The zero-order chi connectivity index (χ0) is 18.0. The number of carbonyl (C=O) groups excluding carboxylic acids is 2. The number of ether oxygens (including phenoxy) is 1. The van der Waals surface area contributed by atoms with Crippen LogP contribution in [0.2, 0.25) is 0 Å². The van der Waals surface area contributed by atoms with E-state index in [1.165, 1.54) is 7.11 Å². The number of amides is 3. The van der Waals surface area contributed by atoms with Gasteiger partial charge in [-0.2, -0.15) is 5.26 Å². The average molecular weight is 335 g/mol. The standard InChI is InChI=1S/C14H14N4O6/c1-17(14(21)16-8-3-4-8)13(20)10-7(6-15)5-9(24-2)12(19)11(10)18(22)23/h5,8H,3-4H2,1-2H3,(H2-,16,19,21,22,23)/p+1. The molecule has 1 saturated carbocycles. The highest BCUT2D eigenvalue weighted by Gasteiger charge is 2.38. The molecule has 1 aromatic rings. The first-order chi connectivity index (χ1) is 11.3. The highest BCUT2D eigenvalue weighted by atomic mass is 16.6. The van der Waals surface area contributed by atoms with Crippen LogP contribution in [0.4, 0.5) is 10.5 Å². The van der Waals surface area contributed by atoms with E-state index < -0.39 is 33.9 Å². The number of phenols is 1. The van der Waals surface area contributed by atoms with Crippen molar-refractivity contribution in [1.29, 1.82) is 5.26 Å². The number of phenolic OH excluding ortho intramolecular Hbond substituents is 1. The summed E-state index contributed by atoms with van der Waals surface area (Å²) in [5.41, 5.74) is -1.82. The number of hydrogen-bond donors (Lipinski definition) is 3. The number of rotatable bonds is 4. The van der Waals surface area contributed by atoms with E-state index >= 15 is 0 Å². The first kappa shape index (κ1) is 17.0. The largest absolute Gasteiger partial charge is 0.499 e. The maximum Gasteiger partial charge on any atom is 0.375 e. The van der Waals surface area contributed by atoms with Crippen LogP contribution in [0.15, 0.2) is 6.07 Å². The second-order valence-electron chi connectivity index (χ2n) is 5.17. The molecule has 1 fully saturated rings. The lowest BCUT2D eigenvalue weighted by molar-refractivity contribution is -0.730. The summed E-state index contributed by atoms with van der Waals surface area (Å²) in [5, 5.41) is 31.0. The van der Waals surface area contributed by atoms with Gasteiger partial charge in [0.25, 0.3) is 10.8 Å². The molecule has 0 saturated heterocycles. The zero-order valence-electron chi connectivity index (χ0n) is 12.9. The van der Waals surface area contributed by atoms with Gasteiger partial charge in [0.2, 0.25) is 5.75 Å². The zero-order valence-corrected chi connectivity index (χ0v) is 12.9. The highest BCUT2D eigenvalue weighted by molar-refractivity contribution is 6.08. The molecule has 1 aliphatic carbocycles. The third-order valence-corrected chi connectivity index (χ3v) is 3.50. The number of carbonyl (C=O) groups is 2. The third-order valence-electron chi connectivity index (χ3n) is 3.50. The number of nitrogens with one attached hydrogen (secondary N) is 1. The summed E-state index contributed by atoms with van der Waals surface area (Å²) >= 11 is 0. The van der Waals surface area contributed by atoms with Crippen molar-refractivity contribution in [2.24, 2.45) is 0 Å². The predicted molar refractivity (Wildman–Crippen MR) is 78.1 cm³/mol. The summed E-state index contributed by atoms with van der Waals surface area (Å²) in [5.74, 6) is -2.14.